The number of nitrogens with one attached hydrogen (secondary N) is 1. The number of sulfonamides is 1. The van der Waals surface area contributed by atoms with E-state index in [1.165, 1.54) is 4.31 Å². The zero-order valence-corrected chi connectivity index (χ0v) is 17.9. The van der Waals surface area contributed by atoms with E-state index in [2.05, 4.69) is 10.2 Å². The quantitative estimate of drug-likeness (QED) is 0.755. The fourth-order valence-electron chi connectivity index (χ4n) is 3.54. The summed E-state index contributed by atoms with van der Waals surface area (Å²) in [7, 11) is -1.59. The molecule has 1 atom stereocenters. The van der Waals surface area contributed by atoms with Crippen molar-refractivity contribution in [3.05, 3.63) is 60.2 Å². The fraction of sp³-hybridized carbons (Fsp3) is 0.409. The van der Waals surface area contributed by atoms with Crippen LogP contribution in [0.25, 0.3) is 0 Å². The predicted octanol–water partition coefficient (Wildman–Crippen LogP) is 2.65. The van der Waals surface area contributed by atoms with E-state index >= 15 is 0 Å². The van der Waals surface area contributed by atoms with Crippen LogP contribution >= 0.6 is 0 Å². The minimum absolute atomic E-state index is 0.0738. The molecule has 0 radical (unpaired) electrons. The molecule has 3 rings (SSSR count). The number of hydrogen-bond acceptors (Lipinski definition) is 4. The Labute approximate surface area is 173 Å². The first kappa shape index (κ1) is 21.3. The van der Waals surface area contributed by atoms with Crippen LogP contribution < -0.4 is 10.2 Å². The highest BCUT2D eigenvalue weighted by Crippen LogP contribution is 2.24. The van der Waals surface area contributed by atoms with Crippen LogP contribution in [0.15, 0.2) is 59.5 Å². The maximum Gasteiger partial charge on any atom is 0.243 e. The van der Waals surface area contributed by atoms with Crippen molar-refractivity contribution < 1.29 is 13.2 Å². The van der Waals surface area contributed by atoms with E-state index < -0.39 is 10.0 Å². The number of rotatable bonds is 7. The molecule has 1 unspecified atom stereocenters. The van der Waals surface area contributed by atoms with E-state index in [1.54, 1.807) is 24.3 Å². The lowest BCUT2D eigenvalue weighted by molar-refractivity contribution is -0.126. The Bertz CT molecular complexity index is 914. The zero-order valence-electron chi connectivity index (χ0n) is 17.0. The third-order valence-electron chi connectivity index (χ3n) is 5.36. The summed E-state index contributed by atoms with van der Waals surface area (Å²) in [5, 5.41) is 2.97. The SMILES string of the molecule is Cc1ccc(S(=O)(=O)N2CCCC(C(=O)NCCN(C)c3ccccc3)C2)cc1. The summed E-state index contributed by atoms with van der Waals surface area (Å²) < 4.78 is 27.3. The number of carbonyl (C=O) groups excluding carboxylic acids is 1. The molecule has 1 amide bonds. The van der Waals surface area contributed by atoms with Crippen molar-refractivity contribution in [1.29, 1.82) is 0 Å². The van der Waals surface area contributed by atoms with Crippen molar-refractivity contribution in [3.8, 4) is 0 Å². The molecule has 1 heterocycles. The molecule has 0 spiro atoms. The van der Waals surface area contributed by atoms with Crippen LogP contribution in [-0.4, -0.2) is 51.9 Å². The summed E-state index contributed by atoms with van der Waals surface area (Å²) >= 11 is 0. The van der Waals surface area contributed by atoms with Gasteiger partial charge in [0.15, 0.2) is 0 Å². The first-order valence-electron chi connectivity index (χ1n) is 9.98. The number of aryl methyl sites for hydroxylation is 1. The molecule has 2 aromatic rings. The molecule has 0 aromatic heterocycles. The van der Waals surface area contributed by atoms with Crippen LogP contribution in [0.4, 0.5) is 5.69 Å². The fourth-order valence-corrected chi connectivity index (χ4v) is 5.06. The van der Waals surface area contributed by atoms with Gasteiger partial charge in [-0.25, -0.2) is 8.42 Å². The van der Waals surface area contributed by atoms with Crippen molar-refractivity contribution in [2.45, 2.75) is 24.7 Å². The molecule has 1 N–H and O–H groups in total. The van der Waals surface area contributed by atoms with Gasteiger partial charge in [-0.1, -0.05) is 35.9 Å². The van der Waals surface area contributed by atoms with Crippen molar-refractivity contribution in [2.24, 2.45) is 5.92 Å². The van der Waals surface area contributed by atoms with Gasteiger partial charge in [0.2, 0.25) is 15.9 Å². The smallest absolute Gasteiger partial charge is 0.243 e. The lowest BCUT2D eigenvalue weighted by atomic mass is 9.99. The number of carbonyl (C=O) groups is 1. The van der Waals surface area contributed by atoms with E-state index in [0.717, 1.165) is 11.3 Å². The number of piperidine rings is 1. The van der Waals surface area contributed by atoms with E-state index in [0.29, 0.717) is 32.5 Å². The average Bonchev–Trinajstić information content (AvgIpc) is 2.74. The van der Waals surface area contributed by atoms with Crippen molar-refractivity contribution in [3.63, 3.8) is 0 Å². The lowest BCUT2D eigenvalue weighted by Gasteiger charge is -2.31. The number of nitrogens with zero attached hydrogens (tertiary/aromatic N) is 2. The Kier molecular flexibility index (Phi) is 6.92. The molecule has 156 valence electrons. The van der Waals surface area contributed by atoms with Gasteiger partial charge in [-0.15, -0.1) is 0 Å². The number of hydrogen-bond donors (Lipinski definition) is 1. The maximum absolute atomic E-state index is 12.9. The molecule has 1 aliphatic heterocycles. The minimum Gasteiger partial charge on any atom is -0.373 e. The zero-order chi connectivity index (χ0) is 20.9. The topological polar surface area (TPSA) is 69.7 Å². The van der Waals surface area contributed by atoms with Crippen molar-refractivity contribution in [1.82, 2.24) is 9.62 Å². The van der Waals surface area contributed by atoms with Gasteiger partial charge in [-0.2, -0.15) is 4.31 Å². The van der Waals surface area contributed by atoms with Crippen LogP contribution in [0.3, 0.4) is 0 Å². The second-order valence-corrected chi connectivity index (χ2v) is 9.50. The van der Waals surface area contributed by atoms with E-state index in [-0.39, 0.29) is 23.3 Å². The summed E-state index contributed by atoms with van der Waals surface area (Å²) in [5.41, 5.74) is 2.11. The summed E-state index contributed by atoms with van der Waals surface area (Å²) in [6.45, 7) is 3.82. The molecular weight excluding hydrogens is 386 g/mol. The first-order chi connectivity index (χ1) is 13.9. The highest BCUT2D eigenvalue weighted by Gasteiger charge is 2.33. The van der Waals surface area contributed by atoms with Gasteiger partial charge < -0.3 is 10.2 Å². The summed E-state index contributed by atoms with van der Waals surface area (Å²) in [4.78, 5) is 15.0. The van der Waals surface area contributed by atoms with E-state index in [9.17, 15) is 13.2 Å². The molecule has 7 heteroatoms. The molecule has 0 aliphatic carbocycles. The summed E-state index contributed by atoms with van der Waals surface area (Å²) in [5.74, 6) is -0.388. The van der Waals surface area contributed by atoms with Crippen LogP contribution in [0.5, 0.6) is 0 Å². The van der Waals surface area contributed by atoms with Gasteiger partial charge >= 0.3 is 0 Å². The Morgan fingerprint density at radius 2 is 1.83 bits per heavy atom. The Hall–Kier alpha value is -2.38. The molecule has 2 aromatic carbocycles. The number of benzene rings is 2. The summed E-state index contributed by atoms with van der Waals surface area (Å²) in [6, 6.07) is 16.8. The predicted molar refractivity (Wildman–Crippen MR) is 115 cm³/mol. The molecular formula is C22H29N3O3S. The van der Waals surface area contributed by atoms with Gasteiger partial charge in [0.05, 0.1) is 10.8 Å². The number of para-hydroxylation sites is 1. The van der Waals surface area contributed by atoms with Crippen LogP contribution in [0.2, 0.25) is 0 Å². The standard InChI is InChI=1S/C22H29N3O3S/c1-18-10-12-21(13-11-18)29(27,28)25-15-6-7-19(17-25)22(26)23-14-16-24(2)20-8-4-3-5-9-20/h3-5,8-13,19H,6-7,14-17H2,1-2H3,(H,23,26). The molecule has 0 bridgehead atoms. The second-order valence-electron chi connectivity index (χ2n) is 7.56. The van der Waals surface area contributed by atoms with E-state index in [1.807, 2.05) is 44.3 Å². The second kappa shape index (κ2) is 9.41. The Balaban J connectivity index is 1.54. The third-order valence-corrected chi connectivity index (χ3v) is 7.24. The third kappa shape index (κ3) is 5.36. The number of amides is 1. The minimum atomic E-state index is -3.57. The van der Waals surface area contributed by atoms with Crippen molar-refractivity contribution >= 4 is 21.6 Å². The average molecular weight is 416 g/mol. The number of anilines is 1. The Morgan fingerprint density at radius 3 is 2.52 bits per heavy atom. The van der Waals surface area contributed by atoms with Gasteiger partial charge in [0, 0.05) is 38.9 Å². The van der Waals surface area contributed by atoms with Gasteiger partial charge in [-0.05, 0) is 44.0 Å². The molecule has 6 nitrogen and oxygen atoms in total. The van der Waals surface area contributed by atoms with Gasteiger partial charge in [-0.3, -0.25) is 4.79 Å². The monoisotopic (exact) mass is 415 g/mol. The van der Waals surface area contributed by atoms with Crippen LogP contribution in [0, 0.1) is 12.8 Å². The molecule has 29 heavy (non-hydrogen) atoms. The molecule has 1 aliphatic rings. The molecule has 1 saturated heterocycles. The maximum atomic E-state index is 12.9. The highest BCUT2D eigenvalue weighted by molar-refractivity contribution is 7.89. The normalized spacial score (nSPS) is 17.7. The molecule has 0 saturated carbocycles. The van der Waals surface area contributed by atoms with Crippen molar-refractivity contribution in [2.75, 3.05) is 38.1 Å². The van der Waals surface area contributed by atoms with Crippen LogP contribution in [0.1, 0.15) is 18.4 Å². The lowest BCUT2D eigenvalue weighted by Crippen LogP contribution is -2.46. The Morgan fingerprint density at radius 1 is 1.14 bits per heavy atom. The van der Waals surface area contributed by atoms with Gasteiger partial charge in [0.25, 0.3) is 0 Å². The molecule has 1 fully saturated rings. The first-order valence-corrected chi connectivity index (χ1v) is 11.4. The largest absolute Gasteiger partial charge is 0.373 e. The number of likely N-dealkylation sites (N-methyl/N-ethyl adjacent to an activating group) is 1. The van der Waals surface area contributed by atoms with E-state index in [4.69, 9.17) is 0 Å². The summed E-state index contributed by atoms with van der Waals surface area (Å²) in [6.07, 6.45) is 1.40. The van der Waals surface area contributed by atoms with Crippen LogP contribution in [-0.2, 0) is 14.8 Å². The highest BCUT2D eigenvalue weighted by atomic mass is 32.2. The van der Waals surface area contributed by atoms with Gasteiger partial charge in [0.1, 0.15) is 0 Å².